The summed E-state index contributed by atoms with van der Waals surface area (Å²) in [5.74, 6) is 0.652. The first-order valence-corrected chi connectivity index (χ1v) is 6.34. The van der Waals surface area contributed by atoms with Crippen LogP contribution in [0.3, 0.4) is 0 Å². The summed E-state index contributed by atoms with van der Waals surface area (Å²) in [6, 6.07) is 14.5. The van der Waals surface area contributed by atoms with Crippen molar-refractivity contribution in [3.8, 4) is 11.8 Å². The summed E-state index contributed by atoms with van der Waals surface area (Å²) in [6.07, 6.45) is 1.74. The number of nitriles is 1. The number of cyclic esters (lactones) is 1. The van der Waals surface area contributed by atoms with Gasteiger partial charge >= 0.3 is 5.97 Å². The second kappa shape index (κ2) is 5.14. The van der Waals surface area contributed by atoms with Gasteiger partial charge in [0.15, 0.2) is 0 Å². The number of benzene rings is 2. The smallest absolute Gasteiger partial charge is 0.344 e. The summed E-state index contributed by atoms with van der Waals surface area (Å²) in [7, 11) is 1.52. The second-order valence-electron chi connectivity index (χ2n) is 4.52. The Kier molecular flexibility index (Phi) is 3.17. The fourth-order valence-electron chi connectivity index (χ4n) is 2.25. The van der Waals surface area contributed by atoms with E-state index in [1.54, 1.807) is 36.4 Å². The molecule has 21 heavy (non-hydrogen) atoms. The molecular formula is C17H11NO3. The van der Waals surface area contributed by atoms with Gasteiger partial charge in [-0.25, -0.2) is 4.79 Å². The molecule has 1 aliphatic heterocycles. The lowest BCUT2D eigenvalue weighted by atomic mass is 10.1. The van der Waals surface area contributed by atoms with Crippen molar-refractivity contribution in [2.24, 2.45) is 0 Å². The van der Waals surface area contributed by atoms with Gasteiger partial charge in [0.05, 0.1) is 18.2 Å². The molecule has 1 aliphatic rings. The van der Waals surface area contributed by atoms with Crippen LogP contribution in [-0.4, -0.2) is 13.1 Å². The third-order valence-electron chi connectivity index (χ3n) is 3.26. The number of hydrogen-bond donors (Lipinski definition) is 0. The molecule has 0 radical (unpaired) electrons. The van der Waals surface area contributed by atoms with Gasteiger partial charge in [0.2, 0.25) is 0 Å². The van der Waals surface area contributed by atoms with Crippen LogP contribution >= 0.6 is 0 Å². The summed E-state index contributed by atoms with van der Waals surface area (Å²) >= 11 is 0. The molecule has 0 aromatic heterocycles. The number of fused-ring (bicyclic) bond motifs is 1. The minimum Gasteiger partial charge on any atom is -0.495 e. The molecule has 0 spiro atoms. The van der Waals surface area contributed by atoms with Crippen molar-refractivity contribution in [2.45, 2.75) is 0 Å². The Morgan fingerprint density at radius 2 is 1.95 bits per heavy atom. The summed E-state index contributed by atoms with van der Waals surface area (Å²) in [4.78, 5) is 11.8. The quantitative estimate of drug-likeness (QED) is 0.791. The Bertz CT molecular complexity index is 800. The topological polar surface area (TPSA) is 59.3 Å². The van der Waals surface area contributed by atoms with E-state index in [1.807, 2.05) is 12.1 Å². The maximum Gasteiger partial charge on any atom is 0.344 e. The lowest BCUT2D eigenvalue weighted by Crippen LogP contribution is -1.92. The van der Waals surface area contributed by atoms with Gasteiger partial charge in [-0.2, -0.15) is 5.26 Å². The zero-order chi connectivity index (χ0) is 14.8. The number of nitrogens with zero attached hydrogens (tertiary/aromatic N) is 1. The van der Waals surface area contributed by atoms with Gasteiger partial charge in [0.25, 0.3) is 0 Å². The summed E-state index contributed by atoms with van der Waals surface area (Å²) < 4.78 is 10.4. The van der Waals surface area contributed by atoms with E-state index in [-0.39, 0.29) is 5.97 Å². The number of methoxy groups -OCH3 is 1. The van der Waals surface area contributed by atoms with E-state index in [4.69, 9.17) is 14.7 Å². The molecule has 0 saturated heterocycles. The number of carbonyl (C=O) groups is 1. The molecule has 0 amide bonds. The Labute approximate surface area is 121 Å². The van der Waals surface area contributed by atoms with Crippen molar-refractivity contribution >= 4 is 17.8 Å². The molecule has 4 heteroatoms. The molecule has 2 aromatic rings. The van der Waals surface area contributed by atoms with Crippen LogP contribution in [0.2, 0.25) is 0 Å². The standard InChI is InChI=1S/C17H11NO3/c1-20-15-7-6-11(8-12(15)10-18)9-16-13-4-2-3-5-14(13)17(19)21-16/h2-9H,1H3/b16-9-. The van der Waals surface area contributed by atoms with Gasteiger partial charge in [-0.1, -0.05) is 24.3 Å². The Morgan fingerprint density at radius 1 is 1.19 bits per heavy atom. The number of ether oxygens (including phenoxy) is 2. The van der Waals surface area contributed by atoms with Crippen molar-refractivity contribution < 1.29 is 14.3 Å². The van der Waals surface area contributed by atoms with E-state index in [9.17, 15) is 4.79 Å². The van der Waals surface area contributed by atoms with Crippen molar-refractivity contribution in [1.82, 2.24) is 0 Å². The molecule has 4 nitrogen and oxygen atoms in total. The molecule has 0 atom stereocenters. The van der Waals surface area contributed by atoms with Gasteiger partial charge in [0, 0.05) is 5.56 Å². The highest BCUT2D eigenvalue weighted by Crippen LogP contribution is 2.31. The van der Waals surface area contributed by atoms with E-state index in [2.05, 4.69) is 6.07 Å². The van der Waals surface area contributed by atoms with Crippen LogP contribution in [0.4, 0.5) is 0 Å². The molecule has 0 unspecified atom stereocenters. The van der Waals surface area contributed by atoms with Crippen LogP contribution in [-0.2, 0) is 4.74 Å². The first-order valence-electron chi connectivity index (χ1n) is 6.34. The van der Waals surface area contributed by atoms with Crippen LogP contribution in [0.5, 0.6) is 5.75 Å². The fourth-order valence-corrected chi connectivity index (χ4v) is 2.25. The Balaban J connectivity index is 2.05. The first-order chi connectivity index (χ1) is 10.2. The summed E-state index contributed by atoms with van der Waals surface area (Å²) in [5.41, 5.74) is 2.52. The van der Waals surface area contributed by atoms with Crippen molar-refractivity contribution in [2.75, 3.05) is 7.11 Å². The lowest BCUT2D eigenvalue weighted by Gasteiger charge is -2.04. The van der Waals surface area contributed by atoms with Gasteiger partial charge < -0.3 is 9.47 Å². The van der Waals surface area contributed by atoms with E-state index in [0.717, 1.165) is 11.1 Å². The SMILES string of the molecule is COc1ccc(/C=C2\OC(=O)c3ccccc32)cc1C#N. The van der Waals surface area contributed by atoms with Crippen molar-refractivity contribution in [1.29, 1.82) is 5.26 Å². The second-order valence-corrected chi connectivity index (χ2v) is 4.52. The monoisotopic (exact) mass is 277 g/mol. The molecule has 0 N–H and O–H groups in total. The molecule has 0 saturated carbocycles. The molecule has 102 valence electrons. The average Bonchev–Trinajstić information content (AvgIpc) is 2.84. The lowest BCUT2D eigenvalue weighted by molar-refractivity contribution is 0.0717. The molecule has 3 rings (SSSR count). The van der Waals surface area contributed by atoms with E-state index in [1.165, 1.54) is 7.11 Å². The van der Waals surface area contributed by atoms with Crippen LogP contribution in [0, 0.1) is 11.3 Å². The first kappa shape index (κ1) is 12.9. The number of hydrogen-bond acceptors (Lipinski definition) is 4. The minimum atomic E-state index is -0.356. The number of rotatable bonds is 2. The predicted molar refractivity (Wildman–Crippen MR) is 77.4 cm³/mol. The third kappa shape index (κ3) is 2.26. The number of esters is 1. The maximum atomic E-state index is 11.8. The summed E-state index contributed by atoms with van der Waals surface area (Å²) in [5, 5.41) is 9.10. The average molecular weight is 277 g/mol. The van der Waals surface area contributed by atoms with E-state index >= 15 is 0 Å². The zero-order valence-corrected chi connectivity index (χ0v) is 11.3. The molecule has 2 aromatic carbocycles. The summed E-state index contributed by atoms with van der Waals surface area (Å²) in [6.45, 7) is 0. The van der Waals surface area contributed by atoms with E-state index in [0.29, 0.717) is 22.6 Å². The minimum absolute atomic E-state index is 0.356. The predicted octanol–water partition coefficient (Wildman–Crippen LogP) is 3.24. The van der Waals surface area contributed by atoms with Gasteiger partial charge in [-0.15, -0.1) is 0 Å². The van der Waals surface area contributed by atoms with Crippen LogP contribution < -0.4 is 4.74 Å². The largest absolute Gasteiger partial charge is 0.495 e. The number of carbonyl (C=O) groups excluding carboxylic acids is 1. The molecular weight excluding hydrogens is 266 g/mol. The van der Waals surface area contributed by atoms with Gasteiger partial charge in [-0.05, 0) is 29.8 Å². The van der Waals surface area contributed by atoms with Gasteiger partial charge in [0.1, 0.15) is 17.6 Å². The van der Waals surface area contributed by atoms with E-state index < -0.39 is 0 Å². The molecule has 1 heterocycles. The van der Waals surface area contributed by atoms with Crippen molar-refractivity contribution in [3.63, 3.8) is 0 Å². The van der Waals surface area contributed by atoms with Crippen LogP contribution in [0.15, 0.2) is 42.5 Å². The van der Waals surface area contributed by atoms with Crippen molar-refractivity contribution in [3.05, 3.63) is 64.7 Å². The fraction of sp³-hybridized carbons (Fsp3) is 0.0588. The Morgan fingerprint density at radius 3 is 2.67 bits per heavy atom. The highest BCUT2D eigenvalue weighted by atomic mass is 16.5. The van der Waals surface area contributed by atoms with Crippen LogP contribution in [0.25, 0.3) is 11.8 Å². The van der Waals surface area contributed by atoms with Gasteiger partial charge in [-0.3, -0.25) is 0 Å². The highest BCUT2D eigenvalue weighted by molar-refractivity contribution is 6.05. The molecule has 0 aliphatic carbocycles. The van der Waals surface area contributed by atoms with Crippen LogP contribution in [0.1, 0.15) is 27.0 Å². The zero-order valence-electron chi connectivity index (χ0n) is 11.3. The maximum absolute atomic E-state index is 11.8. The third-order valence-corrected chi connectivity index (χ3v) is 3.26. The molecule has 0 fully saturated rings. The normalized spacial score (nSPS) is 14.5. The Hall–Kier alpha value is -3.06. The molecule has 0 bridgehead atoms. The highest BCUT2D eigenvalue weighted by Gasteiger charge is 2.25.